The van der Waals surface area contributed by atoms with E-state index in [-0.39, 0.29) is 5.82 Å². The lowest BCUT2D eigenvalue weighted by molar-refractivity contribution is 0.339. The Bertz CT molecular complexity index is 537. The van der Waals surface area contributed by atoms with Gasteiger partial charge in [-0.3, -0.25) is 0 Å². The number of nitrogens with zero attached hydrogens (tertiary/aromatic N) is 1. The standard InChI is InChI=1S/C17H21FN2/c1-14-5-3-4-6-15(14)13-20(2)12-11-19-17-9-7-16(18)8-10-17/h3-10,19H,11-13H2,1-2H3. The lowest BCUT2D eigenvalue weighted by Crippen LogP contribution is -2.25. The summed E-state index contributed by atoms with van der Waals surface area (Å²) < 4.78 is 12.8. The first-order valence-electron chi connectivity index (χ1n) is 6.87. The fourth-order valence-electron chi connectivity index (χ4n) is 2.12. The highest BCUT2D eigenvalue weighted by Crippen LogP contribution is 2.10. The monoisotopic (exact) mass is 272 g/mol. The Kier molecular flexibility index (Phi) is 5.13. The summed E-state index contributed by atoms with van der Waals surface area (Å²) in [6.07, 6.45) is 0. The third kappa shape index (κ3) is 4.35. The Morgan fingerprint density at radius 1 is 1.05 bits per heavy atom. The van der Waals surface area contributed by atoms with Gasteiger partial charge in [-0.2, -0.15) is 0 Å². The molecule has 3 heteroatoms. The minimum Gasteiger partial charge on any atom is -0.384 e. The molecule has 0 radical (unpaired) electrons. The molecule has 0 unspecified atom stereocenters. The smallest absolute Gasteiger partial charge is 0.123 e. The maximum absolute atomic E-state index is 12.8. The summed E-state index contributed by atoms with van der Waals surface area (Å²) in [6.45, 7) is 4.86. The normalized spacial score (nSPS) is 10.8. The van der Waals surface area contributed by atoms with Crippen LogP contribution in [0.2, 0.25) is 0 Å². The molecule has 0 aliphatic carbocycles. The van der Waals surface area contributed by atoms with Crippen LogP contribution in [0.15, 0.2) is 48.5 Å². The fourth-order valence-corrected chi connectivity index (χ4v) is 2.12. The van der Waals surface area contributed by atoms with Crippen molar-refractivity contribution in [2.24, 2.45) is 0 Å². The molecule has 0 atom stereocenters. The summed E-state index contributed by atoms with van der Waals surface area (Å²) in [5.74, 6) is -0.202. The number of rotatable bonds is 6. The molecule has 2 nitrogen and oxygen atoms in total. The molecule has 0 aliphatic heterocycles. The molecule has 2 aromatic carbocycles. The Hall–Kier alpha value is -1.87. The topological polar surface area (TPSA) is 15.3 Å². The van der Waals surface area contributed by atoms with Gasteiger partial charge in [-0.25, -0.2) is 4.39 Å². The van der Waals surface area contributed by atoms with Gasteiger partial charge in [0.2, 0.25) is 0 Å². The first-order chi connectivity index (χ1) is 9.65. The molecule has 0 fully saturated rings. The van der Waals surface area contributed by atoms with Crippen molar-refractivity contribution in [1.82, 2.24) is 4.90 Å². The van der Waals surface area contributed by atoms with E-state index in [1.165, 1.54) is 23.3 Å². The van der Waals surface area contributed by atoms with Crippen LogP contribution in [0.3, 0.4) is 0 Å². The lowest BCUT2D eigenvalue weighted by atomic mass is 10.1. The molecule has 106 valence electrons. The van der Waals surface area contributed by atoms with Gasteiger partial charge in [-0.05, 0) is 49.4 Å². The van der Waals surface area contributed by atoms with E-state index in [1.54, 1.807) is 12.1 Å². The second-order valence-corrected chi connectivity index (χ2v) is 5.10. The van der Waals surface area contributed by atoms with Crippen LogP contribution in [0.25, 0.3) is 0 Å². The zero-order chi connectivity index (χ0) is 14.4. The van der Waals surface area contributed by atoms with E-state index in [1.807, 2.05) is 0 Å². The quantitative estimate of drug-likeness (QED) is 0.863. The second-order valence-electron chi connectivity index (χ2n) is 5.10. The number of nitrogens with one attached hydrogen (secondary N) is 1. The van der Waals surface area contributed by atoms with Crippen molar-refractivity contribution in [3.63, 3.8) is 0 Å². The average Bonchev–Trinajstić information content (AvgIpc) is 2.44. The fraction of sp³-hybridized carbons (Fsp3) is 0.294. The molecular weight excluding hydrogens is 251 g/mol. The Balaban J connectivity index is 1.76. The summed E-state index contributed by atoms with van der Waals surface area (Å²) in [6, 6.07) is 14.9. The van der Waals surface area contributed by atoms with Crippen LogP contribution in [-0.2, 0) is 6.54 Å². The van der Waals surface area contributed by atoms with Gasteiger partial charge in [-0.1, -0.05) is 24.3 Å². The van der Waals surface area contributed by atoms with Gasteiger partial charge in [0.25, 0.3) is 0 Å². The van der Waals surface area contributed by atoms with Crippen molar-refractivity contribution in [3.8, 4) is 0 Å². The third-order valence-electron chi connectivity index (χ3n) is 3.37. The molecule has 1 N–H and O–H groups in total. The number of aryl methyl sites for hydroxylation is 1. The number of benzene rings is 2. The van der Waals surface area contributed by atoms with Crippen molar-refractivity contribution in [1.29, 1.82) is 0 Å². The summed E-state index contributed by atoms with van der Waals surface area (Å²) >= 11 is 0. The maximum Gasteiger partial charge on any atom is 0.123 e. The first-order valence-corrected chi connectivity index (χ1v) is 6.87. The molecule has 0 aliphatic rings. The zero-order valence-corrected chi connectivity index (χ0v) is 12.1. The van der Waals surface area contributed by atoms with Gasteiger partial charge in [0.05, 0.1) is 0 Å². The van der Waals surface area contributed by atoms with Crippen molar-refractivity contribution >= 4 is 5.69 Å². The van der Waals surface area contributed by atoms with E-state index in [4.69, 9.17) is 0 Å². The van der Waals surface area contributed by atoms with Crippen molar-refractivity contribution < 1.29 is 4.39 Å². The SMILES string of the molecule is Cc1ccccc1CN(C)CCNc1ccc(F)cc1. The van der Waals surface area contributed by atoms with Gasteiger partial charge in [-0.15, -0.1) is 0 Å². The Morgan fingerprint density at radius 2 is 1.75 bits per heavy atom. The predicted molar refractivity (Wildman–Crippen MR) is 82.4 cm³/mol. The van der Waals surface area contributed by atoms with Crippen LogP contribution in [0.1, 0.15) is 11.1 Å². The van der Waals surface area contributed by atoms with Crippen molar-refractivity contribution in [2.45, 2.75) is 13.5 Å². The lowest BCUT2D eigenvalue weighted by Gasteiger charge is -2.18. The largest absolute Gasteiger partial charge is 0.384 e. The maximum atomic E-state index is 12.8. The minimum absolute atomic E-state index is 0.202. The predicted octanol–water partition coefficient (Wildman–Crippen LogP) is 3.68. The molecule has 0 heterocycles. The highest BCUT2D eigenvalue weighted by atomic mass is 19.1. The van der Waals surface area contributed by atoms with E-state index >= 15 is 0 Å². The molecule has 0 amide bonds. The van der Waals surface area contributed by atoms with Crippen LogP contribution in [-0.4, -0.2) is 25.0 Å². The summed E-state index contributed by atoms with van der Waals surface area (Å²) in [5, 5.41) is 3.29. The number of likely N-dealkylation sites (N-methyl/N-ethyl adjacent to an activating group) is 1. The van der Waals surface area contributed by atoms with Crippen molar-refractivity contribution in [2.75, 3.05) is 25.5 Å². The Morgan fingerprint density at radius 3 is 2.45 bits per heavy atom. The average molecular weight is 272 g/mol. The highest BCUT2D eigenvalue weighted by molar-refractivity contribution is 5.42. The van der Waals surface area contributed by atoms with E-state index in [9.17, 15) is 4.39 Å². The van der Waals surface area contributed by atoms with Crippen molar-refractivity contribution in [3.05, 3.63) is 65.5 Å². The summed E-state index contributed by atoms with van der Waals surface area (Å²) in [7, 11) is 2.11. The molecule has 0 spiro atoms. The van der Waals surface area contributed by atoms with Gasteiger partial charge < -0.3 is 10.2 Å². The molecular formula is C17H21FN2. The second kappa shape index (κ2) is 7.06. The van der Waals surface area contributed by atoms with E-state index in [0.29, 0.717) is 0 Å². The molecule has 0 bridgehead atoms. The zero-order valence-electron chi connectivity index (χ0n) is 12.1. The van der Waals surface area contributed by atoms with Crippen LogP contribution in [0, 0.1) is 12.7 Å². The van der Waals surface area contributed by atoms with Gasteiger partial charge in [0, 0.05) is 25.3 Å². The molecule has 2 rings (SSSR count). The van der Waals surface area contributed by atoms with Crippen LogP contribution >= 0.6 is 0 Å². The van der Waals surface area contributed by atoms with Crippen LogP contribution in [0.4, 0.5) is 10.1 Å². The number of halogens is 1. The van der Waals surface area contributed by atoms with Gasteiger partial charge >= 0.3 is 0 Å². The number of anilines is 1. The number of hydrogen-bond donors (Lipinski definition) is 1. The highest BCUT2D eigenvalue weighted by Gasteiger charge is 2.02. The van der Waals surface area contributed by atoms with Crippen LogP contribution < -0.4 is 5.32 Å². The molecule has 0 saturated carbocycles. The number of hydrogen-bond acceptors (Lipinski definition) is 2. The molecule has 2 aromatic rings. The first kappa shape index (κ1) is 14.5. The summed E-state index contributed by atoms with van der Waals surface area (Å²) in [4.78, 5) is 2.28. The van der Waals surface area contributed by atoms with Crippen LogP contribution in [0.5, 0.6) is 0 Å². The van der Waals surface area contributed by atoms with E-state index in [0.717, 1.165) is 25.3 Å². The minimum atomic E-state index is -0.202. The van der Waals surface area contributed by atoms with E-state index < -0.39 is 0 Å². The van der Waals surface area contributed by atoms with Gasteiger partial charge in [0.1, 0.15) is 5.82 Å². The molecule has 20 heavy (non-hydrogen) atoms. The third-order valence-corrected chi connectivity index (χ3v) is 3.37. The Labute approximate surface area is 120 Å². The van der Waals surface area contributed by atoms with Gasteiger partial charge in [0.15, 0.2) is 0 Å². The summed E-state index contributed by atoms with van der Waals surface area (Å²) in [5.41, 5.74) is 3.64. The molecule has 0 aromatic heterocycles. The molecule has 0 saturated heterocycles. The van der Waals surface area contributed by atoms with E-state index in [2.05, 4.69) is 48.5 Å².